The third-order valence-electron chi connectivity index (χ3n) is 0.747. The number of nitrogens with two attached hydrogens (primary N) is 1. The molecule has 0 bridgehead atoms. The van der Waals surface area contributed by atoms with Crippen LogP contribution < -0.4 is 10.5 Å². The van der Waals surface area contributed by atoms with Crippen molar-refractivity contribution in [2.24, 2.45) is 0 Å². The molecule has 0 amide bonds. The smallest absolute Gasteiger partial charge is 0.308 e. The predicted octanol–water partition coefficient (Wildman–Crippen LogP) is 0.651. The number of ether oxygens (including phenoxy) is 1. The van der Waals surface area contributed by atoms with E-state index in [9.17, 15) is 4.79 Å². The van der Waals surface area contributed by atoms with E-state index in [4.69, 9.17) is 5.73 Å². The Morgan fingerprint density at radius 3 is 3.00 bits per heavy atom. The fraction of sp³-hybridized carbons (Fsp3) is 0.200. The van der Waals surface area contributed by atoms with Crippen molar-refractivity contribution in [3.05, 3.63) is 6.20 Å². The number of hydrogen-bond acceptors (Lipinski definition) is 5. The van der Waals surface area contributed by atoms with Gasteiger partial charge in [-0.15, -0.1) is 0 Å². The summed E-state index contributed by atoms with van der Waals surface area (Å²) in [6.07, 6.45) is 1.42. The third kappa shape index (κ3) is 1.70. The lowest BCUT2D eigenvalue weighted by molar-refractivity contribution is -0.131. The van der Waals surface area contributed by atoms with Gasteiger partial charge in [0, 0.05) is 6.92 Å². The molecule has 2 N–H and O–H groups in total. The van der Waals surface area contributed by atoms with Gasteiger partial charge in [0.1, 0.15) is 0 Å². The van der Waals surface area contributed by atoms with Crippen molar-refractivity contribution >= 4 is 22.4 Å². The molecule has 1 heterocycles. The minimum absolute atomic E-state index is 0.358. The summed E-state index contributed by atoms with van der Waals surface area (Å²) in [7, 11) is 0. The van der Waals surface area contributed by atoms with Crippen LogP contribution in [0.4, 0.5) is 5.13 Å². The van der Waals surface area contributed by atoms with Crippen molar-refractivity contribution in [2.75, 3.05) is 5.73 Å². The summed E-state index contributed by atoms with van der Waals surface area (Å²) in [6, 6.07) is 0. The minimum Gasteiger partial charge on any atom is -0.414 e. The van der Waals surface area contributed by atoms with E-state index in [1.165, 1.54) is 13.1 Å². The molecule has 0 unspecified atom stereocenters. The van der Waals surface area contributed by atoms with E-state index in [0.29, 0.717) is 10.2 Å². The van der Waals surface area contributed by atoms with Crippen LogP contribution in [0.3, 0.4) is 0 Å². The normalized spacial score (nSPS) is 9.30. The Balaban J connectivity index is 2.67. The molecule has 0 aliphatic rings. The van der Waals surface area contributed by atoms with E-state index >= 15 is 0 Å². The second-order valence-electron chi connectivity index (χ2n) is 1.61. The van der Waals surface area contributed by atoms with Crippen molar-refractivity contribution in [1.82, 2.24) is 4.98 Å². The summed E-state index contributed by atoms with van der Waals surface area (Å²) in [5.74, 6) is -0.358. The minimum atomic E-state index is -0.358. The lowest BCUT2D eigenvalue weighted by atomic mass is 10.8. The summed E-state index contributed by atoms with van der Waals surface area (Å²) in [4.78, 5) is 14.0. The first-order valence-corrected chi connectivity index (χ1v) is 3.40. The van der Waals surface area contributed by atoms with Crippen LogP contribution in [-0.2, 0) is 4.79 Å². The first-order chi connectivity index (χ1) is 4.68. The molecular weight excluding hydrogens is 152 g/mol. The van der Waals surface area contributed by atoms with Gasteiger partial charge >= 0.3 is 5.97 Å². The Morgan fingerprint density at radius 2 is 2.60 bits per heavy atom. The number of esters is 1. The number of anilines is 1. The van der Waals surface area contributed by atoms with Gasteiger partial charge in [0.15, 0.2) is 5.13 Å². The van der Waals surface area contributed by atoms with Crippen molar-refractivity contribution in [3.63, 3.8) is 0 Å². The van der Waals surface area contributed by atoms with E-state index in [-0.39, 0.29) is 5.97 Å². The van der Waals surface area contributed by atoms with Crippen LogP contribution in [0.25, 0.3) is 0 Å². The molecule has 0 saturated carbocycles. The first-order valence-electron chi connectivity index (χ1n) is 2.58. The number of thiazole rings is 1. The Bertz CT molecular complexity index is 246. The zero-order valence-corrected chi connectivity index (χ0v) is 6.14. The Kier molecular flexibility index (Phi) is 1.86. The van der Waals surface area contributed by atoms with Gasteiger partial charge < -0.3 is 10.5 Å². The molecule has 4 nitrogen and oxygen atoms in total. The fourth-order valence-corrected chi connectivity index (χ4v) is 1.04. The van der Waals surface area contributed by atoms with Gasteiger partial charge in [-0.2, -0.15) is 0 Å². The van der Waals surface area contributed by atoms with Crippen LogP contribution in [0.15, 0.2) is 6.20 Å². The molecule has 0 saturated heterocycles. The molecule has 0 atom stereocenters. The van der Waals surface area contributed by atoms with Gasteiger partial charge in [0.05, 0.1) is 6.20 Å². The lowest BCUT2D eigenvalue weighted by Gasteiger charge is -1.90. The van der Waals surface area contributed by atoms with Crippen LogP contribution in [0.1, 0.15) is 6.92 Å². The quantitative estimate of drug-likeness (QED) is 0.609. The molecule has 0 fully saturated rings. The van der Waals surface area contributed by atoms with Crippen molar-refractivity contribution in [2.45, 2.75) is 6.92 Å². The highest BCUT2D eigenvalue weighted by Crippen LogP contribution is 2.22. The van der Waals surface area contributed by atoms with Crippen molar-refractivity contribution in [1.29, 1.82) is 0 Å². The highest BCUT2D eigenvalue weighted by molar-refractivity contribution is 7.17. The monoisotopic (exact) mass is 158 g/mol. The summed E-state index contributed by atoms with van der Waals surface area (Å²) < 4.78 is 4.67. The maximum Gasteiger partial charge on any atom is 0.308 e. The summed E-state index contributed by atoms with van der Waals surface area (Å²) >= 11 is 1.14. The first kappa shape index (κ1) is 7.01. The average Bonchev–Trinajstić information content (AvgIpc) is 2.13. The molecule has 0 radical (unpaired) electrons. The Morgan fingerprint density at radius 1 is 1.90 bits per heavy atom. The van der Waals surface area contributed by atoms with Gasteiger partial charge in [-0.05, 0) is 0 Å². The van der Waals surface area contributed by atoms with E-state index in [1.807, 2.05) is 0 Å². The molecule has 10 heavy (non-hydrogen) atoms. The number of carbonyl (C=O) groups excluding carboxylic acids is 1. The van der Waals surface area contributed by atoms with Gasteiger partial charge in [-0.25, -0.2) is 4.98 Å². The van der Waals surface area contributed by atoms with Crippen LogP contribution in [0, 0.1) is 0 Å². The van der Waals surface area contributed by atoms with E-state index in [0.717, 1.165) is 11.3 Å². The van der Waals surface area contributed by atoms with Crippen molar-refractivity contribution < 1.29 is 9.53 Å². The molecular formula is C5H6N2O2S. The number of nitrogens with zero attached hydrogens (tertiary/aromatic N) is 1. The molecule has 0 aromatic carbocycles. The second-order valence-corrected chi connectivity index (χ2v) is 2.64. The number of hydrogen-bond donors (Lipinski definition) is 1. The highest BCUT2D eigenvalue weighted by Gasteiger charge is 2.00. The molecule has 0 aliphatic carbocycles. The zero-order valence-electron chi connectivity index (χ0n) is 5.33. The molecule has 1 aromatic heterocycles. The number of nitrogen functional groups attached to an aromatic ring is 1. The fourth-order valence-electron chi connectivity index (χ4n) is 0.461. The second kappa shape index (κ2) is 2.66. The third-order valence-corrected chi connectivity index (χ3v) is 1.45. The molecule has 1 aromatic rings. The van der Waals surface area contributed by atoms with Crippen LogP contribution in [0.5, 0.6) is 5.06 Å². The Labute approximate surface area is 61.6 Å². The van der Waals surface area contributed by atoms with Crippen LogP contribution >= 0.6 is 11.3 Å². The van der Waals surface area contributed by atoms with Crippen molar-refractivity contribution in [3.8, 4) is 5.06 Å². The van der Waals surface area contributed by atoms with E-state index in [2.05, 4.69) is 9.72 Å². The van der Waals surface area contributed by atoms with E-state index in [1.54, 1.807) is 0 Å². The van der Waals surface area contributed by atoms with Gasteiger partial charge in [-0.1, -0.05) is 11.3 Å². The maximum atomic E-state index is 10.3. The molecule has 1 rings (SSSR count). The largest absolute Gasteiger partial charge is 0.414 e. The summed E-state index contributed by atoms with van der Waals surface area (Å²) in [5.41, 5.74) is 5.27. The zero-order chi connectivity index (χ0) is 7.56. The predicted molar refractivity (Wildman–Crippen MR) is 37.8 cm³/mol. The van der Waals surface area contributed by atoms with Crippen LogP contribution in [0.2, 0.25) is 0 Å². The number of aromatic nitrogens is 1. The van der Waals surface area contributed by atoms with Gasteiger partial charge in [-0.3, -0.25) is 4.79 Å². The molecule has 0 aliphatic heterocycles. The highest BCUT2D eigenvalue weighted by atomic mass is 32.1. The summed E-state index contributed by atoms with van der Waals surface area (Å²) in [6.45, 7) is 1.33. The Hall–Kier alpha value is -1.10. The molecule has 0 spiro atoms. The number of rotatable bonds is 1. The number of carbonyl (C=O) groups is 1. The lowest BCUT2D eigenvalue weighted by Crippen LogP contribution is -1.98. The van der Waals surface area contributed by atoms with Crippen LogP contribution in [-0.4, -0.2) is 11.0 Å². The topological polar surface area (TPSA) is 65.2 Å². The molecule has 5 heteroatoms. The van der Waals surface area contributed by atoms with Gasteiger partial charge in [0.2, 0.25) is 5.06 Å². The van der Waals surface area contributed by atoms with E-state index < -0.39 is 0 Å². The van der Waals surface area contributed by atoms with Gasteiger partial charge in [0.25, 0.3) is 0 Å². The average molecular weight is 158 g/mol. The standard InChI is InChI=1S/C5H6N2O2S/c1-3(8)9-4-2-7-5(6)10-4/h2H,1H3,(H2,6,7). The molecule has 54 valence electrons. The summed E-state index contributed by atoms with van der Waals surface area (Å²) in [5, 5.41) is 0.834. The maximum absolute atomic E-state index is 10.3. The SMILES string of the molecule is CC(=O)Oc1cnc(N)s1.